The van der Waals surface area contributed by atoms with Crippen molar-refractivity contribution < 1.29 is 14.3 Å². The second-order valence-electron chi connectivity index (χ2n) is 7.46. The van der Waals surface area contributed by atoms with Crippen LogP contribution in [-0.2, 0) is 22.4 Å². The van der Waals surface area contributed by atoms with Crippen LogP contribution in [0.5, 0.6) is 0 Å². The molecule has 0 aliphatic heterocycles. The Morgan fingerprint density at radius 1 is 1.07 bits per heavy atom. The van der Waals surface area contributed by atoms with E-state index in [-0.39, 0.29) is 23.7 Å². The fraction of sp³-hybridized carbons (Fsp3) is 0.455. The fourth-order valence-electron chi connectivity index (χ4n) is 4.08. The second kappa shape index (κ2) is 7.85. The lowest BCUT2D eigenvalue weighted by Crippen LogP contribution is -2.16. The van der Waals surface area contributed by atoms with E-state index in [0.29, 0.717) is 10.6 Å². The molecule has 27 heavy (non-hydrogen) atoms. The first-order valence-electron chi connectivity index (χ1n) is 9.77. The predicted octanol–water partition coefficient (Wildman–Crippen LogP) is 4.94. The van der Waals surface area contributed by atoms with Crippen molar-refractivity contribution in [2.24, 2.45) is 5.92 Å². The van der Waals surface area contributed by atoms with Crippen molar-refractivity contribution in [1.82, 2.24) is 0 Å². The van der Waals surface area contributed by atoms with E-state index >= 15 is 0 Å². The van der Waals surface area contributed by atoms with Gasteiger partial charge in [0.05, 0.1) is 12.7 Å². The molecule has 4 rings (SSSR count). The number of benzene rings is 1. The summed E-state index contributed by atoms with van der Waals surface area (Å²) in [5, 5.41) is 3.74. The number of thiophene rings is 1. The third-order valence-corrected chi connectivity index (χ3v) is 6.86. The fourth-order valence-corrected chi connectivity index (χ4v) is 5.36. The smallest absolute Gasteiger partial charge is 0.341 e. The molecular weight excluding hydrogens is 358 g/mol. The van der Waals surface area contributed by atoms with Gasteiger partial charge in [0.1, 0.15) is 5.00 Å². The summed E-state index contributed by atoms with van der Waals surface area (Å²) < 4.78 is 5.04. The van der Waals surface area contributed by atoms with Crippen molar-refractivity contribution >= 4 is 28.2 Å². The maximum Gasteiger partial charge on any atom is 0.341 e. The van der Waals surface area contributed by atoms with E-state index in [4.69, 9.17) is 4.74 Å². The Kier molecular flexibility index (Phi) is 5.30. The number of carbonyl (C=O) groups is 2. The number of carbonyl (C=O) groups excluding carboxylic acids is 2. The number of hydrogen-bond donors (Lipinski definition) is 1. The summed E-state index contributed by atoms with van der Waals surface area (Å²) in [7, 11) is 1.41. The Labute approximate surface area is 163 Å². The van der Waals surface area contributed by atoms with Crippen LogP contribution in [0.25, 0.3) is 0 Å². The number of ether oxygens (including phenoxy) is 1. The molecule has 142 valence electrons. The molecule has 0 radical (unpaired) electrons. The van der Waals surface area contributed by atoms with E-state index < -0.39 is 0 Å². The molecule has 1 aromatic heterocycles. The highest BCUT2D eigenvalue weighted by molar-refractivity contribution is 7.17. The van der Waals surface area contributed by atoms with E-state index in [0.717, 1.165) is 37.7 Å². The van der Waals surface area contributed by atoms with E-state index in [1.165, 1.54) is 30.4 Å². The first-order valence-corrected chi connectivity index (χ1v) is 10.6. The van der Waals surface area contributed by atoms with E-state index in [1.54, 1.807) is 11.3 Å². The summed E-state index contributed by atoms with van der Waals surface area (Å²) in [4.78, 5) is 26.5. The number of hydrogen-bond acceptors (Lipinski definition) is 4. The third kappa shape index (κ3) is 3.79. The summed E-state index contributed by atoms with van der Waals surface area (Å²) >= 11 is 1.57. The van der Waals surface area contributed by atoms with Crippen molar-refractivity contribution in [2.75, 3.05) is 12.4 Å². The molecule has 0 bridgehead atoms. The minimum absolute atomic E-state index is 0.0115. The standard InChI is InChI=1S/C22H25NO3S/c1-26-22(25)19-15-11-7-2-3-8-12-18(15)27-21(19)23-20(24)17-13-16(17)14-9-5-4-6-10-14/h4-6,9-10,16-17H,2-3,7-8,11-13H2,1H3,(H,23,24). The maximum absolute atomic E-state index is 12.8. The van der Waals surface area contributed by atoms with E-state index in [9.17, 15) is 9.59 Å². The van der Waals surface area contributed by atoms with Crippen LogP contribution in [0.1, 0.15) is 64.4 Å². The van der Waals surface area contributed by atoms with Gasteiger partial charge in [0, 0.05) is 10.8 Å². The zero-order valence-corrected chi connectivity index (χ0v) is 16.4. The lowest BCUT2D eigenvalue weighted by Gasteiger charge is -2.11. The molecule has 2 aliphatic rings. The molecule has 1 N–H and O–H groups in total. The van der Waals surface area contributed by atoms with Crippen LogP contribution in [0.3, 0.4) is 0 Å². The van der Waals surface area contributed by atoms with Gasteiger partial charge in [0.15, 0.2) is 0 Å². The first-order chi connectivity index (χ1) is 13.2. The zero-order valence-electron chi connectivity index (χ0n) is 15.6. The highest BCUT2D eigenvalue weighted by Crippen LogP contribution is 2.48. The molecule has 1 saturated carbocycles. The van der Waals surface area contributed by atoms with Crippen LogP contribution >= 0.6 is 11.3 Å². The lowest BCUT2D eigenvalue weighted by atomic mass is 9.96. The summed E-state index contributed by atoms with van der Waals surface area (Å²) in [5.41, 5.74) is 2.89. The molecule has 1 aromatic carbocycles. The van der Waals surface area contributed by atoms with Crippen molar-refractivity contribution in [3.63, 3.8) is 0 Å². The molecule has 2 atom stereocenters. The molecule has 4 nitrogen and oxygen atoms in total. The Morgan fingerprint density at radius 3 is 2.56 bits per heavy atom. The SMILES string of the molecule is COC(=O)c1c(NC(=O)C2CC2c2ccccc2)sc2c1CCCCCC2. The summed E-state index contributed by atoms with van der Waals surface area (Å²) in [5.74, 6) is -0.0432. The molecule has 0 spiro atoms. The number of methoxy groups -OCH3 is 1. The van der Waals surface area contributed by atoms with E-state index in [1.807, 2.05) is 18.2 Å². The number of fused-ring (bicyclic) bond motifs is 1. The Morgan fingerprint density at radius 2 is 1.81 bits per heavy atom. The van der Waals surface area contributed by atoms with Crippen molar-refractivity contribution in [3.05, 3.63) is 51.9 Å². The lowest BCUT2D eigenvalue weighted by molar-refractivity contribution is -0.117. The van der Waals surface area contributed by atoms with Gasteiger partial charge in [-0.05, 0) is 49.1 Å². The average Bonchev–Trinajstić information content (AvgIpc) is 3.41. The van der Waals surface area contributed by atoms with Gasteiger partial charge in [0.25, 0.3) is 0 Å². The normalized spacial score (nSPS) is 21.5. The third-order valence-electron chi connectivity index (χ3n) is 5.65. The van der Waals surface area contributed by atoms with Crippen LogP contribution in [0.15, 0.2) is 30.3 Å². The molecule has 1 heterocycles. The summed E-state index contributed by atoms with van der Waals surface area (Å²) in [6, 6.07) is 10.2. The highest BCUT2D eigenvalue weighted by atomic mass is 32.1. The zero-order chi connectivity index (χ0) is 18.8. The van der Waals surface area contributed by atoms with Gasteiger partial charge in [-0.3, -0.25) is 4.79 Å². The quantitative estimate of drug-likeness (QED) is 0.761. The number of nitrogens with one attached hydrogen (secondary N) is 1. The number of amides is 1. The minimum atomic E-state index is -0.334. The maximum atomic E-state index is 12.8. The molecule has 2 aromatic rings. The van der Waals surface area contributed by atoms with Crippen LogP contribution in [0, 0.1) is 5.92 Å². The number of rotatable bonds is 4. The topological polar surface area (TPSA) is 55.4 Å². The molecule has 5 heteroatoms. The largest absolute Gasteiger partial charge is 0.465 e. The van der Waals surface area contributed by atoms with E-state index in [2.05, 4.69) is 17.4 Å². The van der Waals surface area contributed by atoms with Gasteiger partial charge >= 0.3 is 5.97 Å². The van der Waals surface area contributed by atoms with Crippen molar-refractivity contribution in [1.29, 1.82) is 0 Å². The average molecular weight is 384 g/mol. The number of aryl methyl sites for hydroxylation is 1. The Balaban J connectivity index is 1.55. The molecule has 2 aliphatic carbocycles. The predicted molar refractivity (Wildman–Crippen MR) is 107 cm³/mol. The van der Waals surface area contributed by atoms with Crippen LogP contribution < -0.4 is 5.32 Å². The van der Waals surface area contributed by atoms with Crippen molar-refractivity contribution in [3.8, 4) is 0 Å². The molecule has 1 fully saturated rings. The van der Waals surface area contributed by atoms with Gasteiger partial charge < -0.3 is 10.1 Å². The minimum Gasteiger partial charge on any atom is -0.465 e. The number of anilines is 1. The first kappa shape index (κ1) is 18.2. The monoisotopic (exact) mass is 383 g/mol. The van der Waals surface area contributed by atoms with Crippen LogP contribution in [-0.4, -0.2) is 19.0 Å². The molecule has 1 amide bonds. The summed E-state index contributed by atoms with van der Waals surface area (Å²) in [6.45, 7) is 0. The van der Waals surface area contributed by atoms with Crippen molar-refractivity contribution in [2.45, 2.75) is 50.9 Å². The molecular formula is C22H25NO3S. The van der Waals surface area contributed by atoms with Crippen LogP contribution in [0.2, 0.25) is 0 Å². The second-order valence-corrected chi connectivity index (χ2v) is 8.57. The molecule has 2 unspecified atom stereocenters. The number of esters is 1. The van der Waals surface area contributed by atoms with Gasteiger partial charge in [-0.25, -0.2) is 4.79 Å². The van der Waals surface area contributed by atoms with Crippen LogP contribution in [0.4, 0.5) is 5.00 Å². The van der Waals surface area contributed by atoms with Gasteiger partial charge in [0.2, 0.25) is 5.91 Å². The van der Waals surface area contributed by atoms with Gasteiger partial charge in [-0.2, -0.15) is 0 Å². The summed E-state index contributed by atoms with van der Waals surface area (Å²) in [6.07, 6.45) is 7.39. The highest BCUT2D eigenvalue weighted by Gasteiger charge is 2.44. The van der Waals surface area contributed by atoms with Gasteiger partial charge in [-0.15, -0.1) is 11.3 Å². The van der Waals surface area contributed by atoms with Gasteiger partial charge in [-0.1, -0.05) is 43.2 Å². The Hall–Kier alpha value is -2.14. The molecule has 0 saturated heterocycles. The Bertz CT molecular complexity index is 843.